The molecule has 0 fully saturated rings. The largest absolute Gasteiger partial charge is 0.478 e. The summed E-state index contributed by atoms with van der Waals surface area (Å²) in [6.45, 7) is -0.755. The number of carbonyl (C=O) groups is 1. The van der Waals surface area contributed by atoms with E-state index in [0.717, 1.165) is 0 Å². The van der Waals surface area contributed by atoms with Gasteiger partial charge in [0, 0.05) is 4.47 Å². The maximum Gasteiger partial charge on any atom is 0.336 e. The van der Waals surface area contributed by atoms with E-state index in [1.54, 1.807) is 6.07 Å². The number of aromatic carboxylic acids is 1. The molecule has 0 heterocycles. The van der Waals surface area contributed by atoms with Crippen molar-refractivity contribution >= 4 is 21.9 Å². The zero-order chi connectivity index (χ0) is 9.14. The second-order valence-corrected chi connectivity index (χ2v) is 3.16. The molecule has 0 amide bonds. The number of hydrogen-bond acceptors (Lipinski definition) is 1. The monoisotopic (exact) mass is 232 g/mol. The van der Waals surface area contributed by atoms with E-state index in [0.29, 0.717) is 4.47 Å². The maximum absolute atomic E-state index is 12.2. The number of halogens is 2. The molecule has 0 saturated carbocycles. The van der Waals surface area contributed by atoms with Gasteiger partial charge in [-0.25, -0.2) is 9.18 Å². The minimum Gasteiger partial charge on any atom is -0.478 e. The first-order valence-electron chi connectivity index (χ1n) is 3.23. The van der Waals surface area contributed by atoms with Crippen molar-refractivity contribution in [3.05, 3.63) is 33.8 Å². The van der Waals surface area contributed by atoms with Crippen LogP contribution in [-0.2, 0) is 6.67 Å². The normalized spacial score (nSPS) is 9.83. The second kappa shape index (κ2) is 3.67. The van der Waals surface area contributed by atoms with Gasteiger partial charge in [0.15, 0.2) is 0 Å². The van der Waals surface area contributed by atoms with Crippen molar-refractivity contribution in [3.8, 4) is 0 Å². The number of alkyl halides is 1. The third-order valence-electron chi connectivity index (χ3n) is 1.45. The van der Waals surface area contributed by atoms with E-state index >= 15 is 0 Å². The van der Waals surface area contributed by atoms with Gasteiger partial charge in [0.1, 0.15) is 6.67 Å². The number of carboxylic acid groups (broad SMARTS) is 1. The summed E-state index contributed by atoms with van der Waals surface area (Å²) in [6.07, 6.45) is 0. The molecule has 0 aliphatic carbocycles. The van der Waals surface area contributed by atoms with Crippen LogP contribution in [0.4, 0.5) is 4.39 Å². The molecule has 0 aliphatic rings. The summed E-state index contributed by atoms with van der Waals surface area (Å²) in [7, 11) is 0. The van der Waals surface area contributed by atoms with Crippen LogP contribution in [0.5, 0.6) is 0 Å². The van der Waals surface area contributed by atoms with E-state index in [4.69, 9.17) is 5.11 Å². The predicted molar refractivity (Wildman–Crippen MR) is 45.9 cm³/mol. The predicted octanol–water partition coefficient (Wildman–Crippen LogP) is 2.62. The Hall–Kier alpha value is -0.900. The van der Waals surface area contributed by atoms with Gasteiger partial charge in [-0.1, -0.05) is 22.0 Å². The maximum atomic E-state index is 12.2. The molecule has 4 heteroatoms. The summed E-state index contributed by atoms with van der Waals surface area (Å²) in [5.74, 6) is -1.11. The summed E-state index contributed by atoms with van der Waals surface area (Å²) in [5.41, 5.74) is 0.206. The Morgan fingerprint density at radius 2 is 2.25 bits per heavy atom. The second-order valence-electron chi connectivity index (χ2n) is 2.24. The number of benzene rings is 1. The quantitative estimate of drug-likeness (QED) is 0.852. The van der Waals surface area contributed by atoms with E-state index in [1.807, 2.05) is 0 Å². The highest BCUT2D eigenvalue weighted by atomic mass is 79.9. The van der Waals surface area contributed by atoms with E-state index < -0.39 is 12.6 Å². The molecule has 0 spiro atoms. The molecule has 1 rings (SSSR count). The first-order valence-corrected chi connectivity index (χ1v) is 4.02. The van der Waals surface area contributed by atoms with Crippen molar-refractivity contribution in [1.82, 2.24) is 0 Å². The molecular weight excluding hydrogens is 227 g/mol. The summed E-state index contributed by atoms with van der Waals surface area (Å²) in [6, 6.07) is 4.45. The molecule has 12 heavy (non-hydrogen) atoms. The summed E-state index contributed by atoms with van der Waals surface area (Å²) in [5, 5.41) is 8.63. The van der Waals surface area contributed by atoms with Crippen LogP contribution < -0.4 is 0 Å². The SMILES string of the molecule is O=C(O)c1cc(Br)ccc1CF. The molecule has 0 bridgehead atoms. The lowest BCUT2D eigenvalue weighted by Crippen LogP contribution is -2.00. The Morgan fingerprint density at radius 3 is 2.75 bits per heavy atom. The lowest BCUT2D eigenvalue weighted by molar-refractivity contribution is 0.0694. The van der Waals surface area contributed by atoms with Gasteiger partial charge in [-0.2, -0.15) is 0 Å². The lowest BCUT2D eigenvalue weighted by atomic mass is 10.1. The van der Waals surface area contributed by atoms with Crippen molar-refractivity contribution in [2.75, 3.05) is 0 Å². The van der Waals surface area contributed by atoms with Gasteiger partial charge in [-0.3, -0.25) is 0 Å². The van der Waals surface area contributed by atoms with Gasteiger partial charge < -0.3 is 5.11 Å². The minimum absolute atomic E-state index is 0.00637. The van der Waals surface area contributed by atoms with Crippen molar-refractivity contribution in [1.29, 1.82) is 0 Å². The van der Waals surface area contributed by atoms with Crippen LogP contribution in [0.15, 0.2) is 22.7 Å². The van der Waals surface area contributed by atoms with Crippen LogP contribution in [0.1, 0.15) is 15.9 Å². The van der Waals surface area contributed by atoms with Crippen LogP contribution in [0.2, 0.25) is 0 Å². The molecule has 0 radical (unpaired) electrons. The average Bonchev–Trinajstić information content (AvgIpc) is 2.04. The topological polar surface area (TPSA) is 37.3 Å². The van der Waals surface area contributed by atoms with Gasteiger partial charge >= 0.3 is 5.97 Å². The smallest absolute Gasteiger partial charge is 0.336 e. The highest BCUT2D eigenvalue weighted by Crippen LogP contribution is 2.17. The Morgan fingerprint density at radius 1 is 1.58 bits per heavy atom. The molecule has 1 N–H and O–H groups in total. The van der Waals surface area contributed by atoms with Crippen LogP contribution >= 0.6 is 15.9 Å². The number of carboxylic acids is 1. The van der Waals surface area contributed by atoms with Crippen molar-refractivity contribution < 1.29 is 14.3 Å². The Bertz CT molecular complexity index is 312. The number of hydrogen-bond donors (Lipinski definition) is 1. The van der Waals surface area contributed by atoms with E-state index in [2.05, 4.69) is 15.9 Å². The molecule has 0 unspecified atom stereocenters. The standard InChI is InChI=1S/C8H6BrFO2/c9-6-2-1-5(4-10)7(3-6)8(11)12/h1-3H,4H2,(H,11,12). The Balaban J connectivity index is 3.21. The van der Waals surface area contributed by atoms with Crippen molar-refractivity contribution in [3.63, 3.8) is 0 Å². The fourth-order valence-corrected chi connectivity index (χ4v) is 1.23. The van der Waals surface area contributed by atoms with Crippen molar-refractivity contribution in [2.45, 2.75) is 6.67 Å². The summed E-state index contributed by atoms with van der Waals surface area (Å²) < 4.78 is 12.8. The first-order chi connectivity index (χ1) is 5.65. The summed E-state index contributed by atoms with van der Waals surface area (Å²) in [4.78, 5) is 10.5. The van der Waals surface area contributed by atoms with Gasteiger partial charge in [0.2, 0.25) is 0 Å². The first kappa shape index (κ1) is 9.19. The lowest BCUT2D eigenvalue weighted by Gasteiger charge is -2.01. The molecule has 1 aromatic carbocycles. The average molecular weight is 233 g/mol. The van der Waals surface area contributed by atoms with E-state index in [9.17, 15) is 9.18 Å². The fraction of sp³-hybridized carbons (Fsp3) is 0.125. The van der Waals surface area contributed by atoms with Gasteiger partial charge in [0.25, 0.3) is 0 Å². The van der Waals surface area contributed by atoms with Crippen LogP contribution in [0, 0.1) is 0 Å². The summed E-state index contributed by atoms with van der Waals surface area (Å²) >= 11 is 3.11. The third kappa shape index (κ3) is 1.82. The van der Waals surface area contributed by atoms with Gasteiger partial charge in [-0.15, -0.1) is 0 Å². The molecule has 64 valence electrons. The molecule has 0 aromatic heterocycles. The number of rotatable bonds is 2. The van der Waals surface area contributed by atoms with Crippen LogP contribution in [-0.4, -0.2) is 11.1 Å². The van der Waals surface area contributed by atoms with Crippen molar-refractivity contribution in [2.24, 2.45) is 0 Å². The van der Waals surface area contributed by atoms with E-state index in [-0.39, 0.29) is 11.1 Å². The van der Waals surface area contributed by atoms with Gasteiger partial charge in [0.05, 0.1) is 5.56 Å². The zero-order valence-corrected chi connectivity index (χ0v) is 7.64. The van der Waals surface area contributed by atoms with Crippen LogP contribution in [0.3, 0.4) is 0 Å². The van der Waals surface area contributed by atoms with Gasteiger partial charge in [-0.05, 0) is 17.7 Å². The molecule has 1 aromatic rings. The molecule has 0 atom stereocenters. The molecule has 0 saturated heterocycles. The fourth-order valence-electron chi connectivity index (χ4n) is 0.864. The third-order valence-corrected chi connectivity index (χ3v) is 1.94. The Labute approximate surface area is 77.2 Å². The van der Waals surface area contributed by atoms with Crippen LogP contribution in [0.25, 0.3) is 0 Å². The highest BCUT2D eigenvalue weighted by Gasteiger charge is 2.09. The molecule has 2 nitrogen and oxygen atoms in total. The molecule has 0 aliphatic heterocycles. The van der Waals surface area contributed by atoms with E-state index in [1.165, 1.54) is 12.1 Å². The molecular formula is C8H6BrFO2. The zero-order valence-electron chi connectivity index (χ0n) is 6.05. The highest BCUT2D eigenvalue weighted by molar-refractivity contribution is 9.10. The minimum atomic E-state index is -1.11. The Kier molecular flexibility index (Phi) is 2.81.